The van der Waals surface area contributed by atoms with Gasteiger partial charge in [-0.3, -0.25) is 14.7 Å². The fraction of sp³-hybridized carbons (Fsp3) is 0.150. The van der Waals surface area contributed by atoms with Crippen LogP contribution in [0.4, 0.5) is 5.82 Å². The molecule has 0 atom stereocenters. The minimum atomic E-state index is -0.490. The first-order valence-corrected chi connectivity index (χ1v) is 8.58. The normalized spacial score (nSPS) is 10.4. The summed E-state index contributed by atoms with van der Waals surface area (Å²) in [4.78, 5) is 23.4. The first-order valence-electron chi connectivity index (χ1n) is 8.58. The zero-order chi connectivity index (χ0) is 19.2. The molecule has 27 heavy (non-hydrogen) atoms. The Balaban J connectivity index is 1.61. The Morgan fingerprint density at radius 2 is 1.63 bits per heavy atom. The van der Waals surface area contributed by atoms with Crippen LogP contribution in [0.15, 0.2) is 54.6 Å². The van der Waals surface area contributed by atoms with Gasteiger partial charge in [0.15, 0.2) is 5.82 Å². The van der Waals surface area contributed by atoms with Crippen LogP contribution in [0, 0.1) is 0 Å². The standard InChI is InChI=1S/C20H20N4O3/c1-2-3-15-12-18(24-23-15)22-20(26)14-6-10-17(11-7-14)27-16-8-4-13(5-9-16)19(21)25/h4-12H,2-3H2,1H3,(H2,21,25)(H2,22,23,24,26). The summed E-state index contributed by atoms with van der Waals surface area (Å²) in [6, 6.07) is 15.1. The number of H-pyrrole nitrogens is 1. The first-order chi connectivity index (χ1) is 13.0. The van der Waals surface area contributed by atoms with Gasteiger partial charge in [-0.25, -0.2) is 0 Å². The third-order valence-electron chi connectivity index (χ3n) is 3.88. The van der Waals surface area contributed by atoms with Crippen LogP contribution in [0.2, 0.25) is 0 Å². The van der Waals surface area contributed by atoms with Crippen LogP contribution in [0.25, 0.3) is 0 Å². The van der Waals surface area contributed by atoms with Crippen LogP contribution in [0.1, 0.15) is 39.8 Å². The number of carbonyl (C=O) groups excluding carboxylic acids is 2. The van der Waals surface area contributed by atoms with Crippen molar-refractivity contribution in [2.75, 3.05) is 5.32 Å². The smallest absolute Gasteiger partial charge is 0.256 e. The Kier molecular flexibility index (Phi) is 5.51. The molecule has 3 rings (SSSR count). The molecule has 0 saturated carbocycles. The number of ether oxygens (including phenoxy) is 1. The van der Waals surface area contributed by atoms with Crippen molar-refractivity contribution in [3.8, 4) is 11.5 Å². The van der Waals surface area contributed by atoms with Crippen molar-refractivity contribution in [2.45, 2.75) is 19.8 Å². The third kappa shape index (κ3) is 4.72. The summed E-state index contributed by atoms with van der Waals surface area (Å²) in [5.74, 6) is 0.899. The topological polar surface area (TPSA) is 110 Å². The lowest BCUT2D eigenvalue weighted by Gasteiger charge is -2.07. The van der Waals surface area contributed by atoms with Gasteiger partial charge in [-0.15, -0.1) is 0 Å². The molecule has 0 aliphatic rings. The Labute approximate surface area is 156 Å². The number of aromatic amines is 1. The summed E-state index contributed by atoms with van der Waals surface area (Å²) in [6.07, 6.45) is 1.89. The maximum absolute atomic E-state index is 12.3. The predicted octanol–water partition coefficient (Wildman–Crippen LogP) is 3.51. The van der Waals surface area contributed by atoms with Gasteiger partial charge in [0.2, 0.25) is 5.91 Å². The number of nitrogens with two attached hydrogens (primary N) is 1. The van der Waals surface area contributed by atoms with Crippen molar-refractivity contribution in [1.82, 2.24) is 10.2 Å². The number of hydrogen-bond donors (Lipinski definition) is 3. The molecule has 2 aromatic carbocycles. The van der Waals surface area contributed by atoms with Gasteiger partial charge in [0, 0.05) is 22.9 Å². The summed E-state index contributed by atoms with van der Waals surface area (Å²) in [5.41, 5.74) is 7.10. The van der Waals surface area contributed by atoms with Gasteiger partial charge in [-0.2, -0.15) is 5.10 Å². The van der Waals surface area contributed by atoms with Crippen molar-refractivity contribution >= 4 is 17.6 Å². The molecule has 2 amide bonds. The number of anilines is 1. The number of aromatic nitrogens is 2. The molecule has 0 unspecified atom stereocenters. The number of hydrogen-bond acceptors (Lipinski definition) is 4. The minimum absolute atomic E-state index is 0.248. The Hall–Kier alpha value is -3.61. The van der Waals surface area contributed by atoms with Crippen molar-refractivity contribution in [2.24, 2.45) is 5.73 Å². The van der Waals surface area contributed by atoms with Gasteiger partial charge in [0.1, 0.15) is 11.5 Å². The van der Waals surface area contributed by atoms with Crippen molar-refractivity contribution in [3.05, 3.63) is 71.4 Å². The van der Waals surface area contributed by atoms with Crippen LogP contribution in [-0.4, -0.2) is 22.0 Å². The third-order valence-corrected chi connectivity index (χ3v) is 3.88. The monoisotopic (exact) mass is 364 g/mol. The average Bonchev–Trinajstić information content (AvgIpc) is 3.10. The fourth-order valence-electron chi connectivity index (χ4n) is 2.51. The molecule has 7 heteroatoms. The molecule has 7 nitrogen and oxygen atoms in total. The van der Waals surface area contributed by atoms with E-state index in [1.165, 1.54) is 0 Å². The highest BCUT2D eigenvalue weighted by molar-refractivity contribution is 6.03. The molecule has 0 spiro atoms. The second-order valence-electron chi connectivity index (χ2n) is 6.00. The van der Waals surface area contributed by atoms with Crippen molar-refractivity contribution in [1.29, 1.82) is 0 Å². The van der Waals surface area contributed by atoms with Gasteiger partial charge in [0.25, 0.3) is 5.91 Å². The van der Waals surface area contributed by atoms with E-state index in [9.17, 15) is 9.59 Å². The van der Waals surface area contributed by atoms with E-state index in [0.29, 0.717) is 28.4 Å². The molecular weight excluding hydrogens is 344 g/mol. The molecule has 1 aromatic heterocycles. The molecule has 0 radical (unpaired) electrons. The summed E-state index contributed by atoms with van der Waals surface area (Å²) in [5, 5.41) is 9.73. The second kappa shape index (κ2) is 8.18. The van der Waals surface area contributed by atoms with Gasteiger partial charge in [-0.1, -0.05) is 13.3 Å². The number of carbonyl (C=O) groups is 2. The fourth-order valence-corrected chi connectivity index (χ4v) is 2.51. The van der Waals surface area contributed by atoms with Crippen molar-refractivity contribution < 1.29 is 14.3 Å². The van der Waals surface area contributed by atoms with E-state index >= 15 is 0 Å². The number of rotatable bonds is 7. The molecule has 138 valence electrons. The van der Waals surface area contributed by atoms with E-state index in [1.807, 2.05) is 6.07 Å². The number of aryl methyl sites for hydroxylation is 1. The Morgan fingerprint density at radius 1 is 1.04 bits per heavy atom. The molecule has 0 fully saturated rings. The second-order valence-corrected chi connectivity index (χ2v) is 6.00. The van der Waals surface area contributed by atoms with E-state index in [0.717, 1.165) is 18.5 Å². The molecule has 4 N–H and O–H groups in total. The van der Waals surface area contributed by atoms with Gasteiger partial charge in [-0.05, 0) is 55.0 Å². The quantitative estimate of drug-likeness (QED) is 0.596. The zero-order valence-electron chi connectivity index (χ0n) is 14.9. The highest BCUT2D eigenvalue weighted by Crippen LogP contribution is 2.22. The summed E-state index contributed by atoms with van der Waals surface area (Å²) in [6.45, 7) is 2.08. The Morgan fingerprint density at radius 3 is 2.19 bits per heavy atom. The number of nitrogens with one attached hydrogen (secondary N) is 2. The van der Waals surface area contributed by atoms with Gasteiger partial charge < -0.3 is 15.8 Å². The molecule has 0 aliphatic heterocycles. The Bertz CT molecular complexity index is 931. The number of amides is 2. The maximum Gasteiger partial charge on any atom is 0.256 e. The molecule has 0 bridgehead atoms. The molecule has 1 heterocycles. The van der Waals surface area contributed by atoms with Crippen LogP contribution >= 0.6 is 0 Å². The van der Waals surface area contributed by atoms with E-state index in [1.54, 1.807) is 48.5 Å². The molecular formula is C20H20N4O3. The number of nitrogens with zero attached hydrogens (tertiary/aromatic N) is 1. The lowest BCUT2D eigenvalue weighted by Crippen LogP contribution is -2.12. The van der Waals surface area contributed by atoms with Gasteiger partial charge in [0.05, 0.1) is 0 Å². The predicted molar refractivity (Wildman–Crippen MR) is 102 cm³/mol. The lowest BCUT2D eigenvalue weighted by atomic mass is 10.2. The van der Waals surface area contributed by atoms with E-state index in [2.05, 4.69) is 22.4 Å². The lowest BCUT2D eigenvalue weighted by molar-refractivity contribution is 0.0997. The van der Waals surface area contributed by atoms with Crippen LogP contribution < -0.4 is 15.8 Å². The SMILES string of the molecule is CCCc1cc(NC(=O)c2ccc(Oc3ccc(C(N)=O)cc3)cc2)n[nH]1. The highest BCUT2D eigenvalue weighted by Gasteiger charge is 2.09. The summed E-state index contributed by atoms with van der Waals surface area (Å²) in [7, 11) is 0. The largest absolute Gasteiger partial charge is 0.457 e. The number of benzene rings is 2. The van der Waals surface area contributed by atoms with Gasteiger partial charge >= 0.3 is 0 Å². The van der Waals surface area contributed by atoms with E-state index in [4.69, 9.17) is 10.5 Å². The molecule has 0 aliphatic carbocycles. The van der Waals surface area contributed by atoms with E-state index in [-0.39, 0.29) is 5.91 Å². The minimum Gasteiger partial charge on any atom is -0.457 e. The highest BCUT2D eigenvalue weighted by atomic mass is 16.5. The van der Waals surface area contributed by atoms with Crippen LogP contribution in [0.3, 0.4) is 0 Å². The van der Waals surface area contributed by atoms with Crippen LogP contribution in [0.5, 0.6) is 11.5 Å². The summed E-state index contributed by atoms with van der Waals surface area (Å²) < 4.78 is 5.70. The zero-order valence-corrected chi connectivity index (χ0v) is 14.9. The van der Waals surface area contributed by atoms with E-state index < -0.39 is 5.91 Å². The molecule has 3 aromatic rings. The van der Waals surface area contributed by atoms with Crippen LogP contribution in [-0.2, 0) is 6.42 Å². The van der Waals surface area contributed by atoms with Crippen molar-refractivity contribution in [3.63, 3.8) is 0 Å². The summed E-state index contributed by atoms with van der Waals surface area (Å²) >= 11 is 0. The number of primary amides is 1. The first kappa shape index (κ1) is 18.2. The maximum atomic E-state index is 12.3. The average molecular weight is 364 g/mol. The molecule has 0 saturated heterocycles.